The van der Waals surface area contributed by atoms with E-state index in [1.54, 1.807) is 6.07 Å². The van der Waals surface area contributed by atoms with Gasteiger partial charge in [-0.15, -0.1) is 0 Å². The van der Waals surface area contributed by atoms with Crippen LogP contribution in [0.15, 0.2) is 24.5 Å². The molecule has 4 nitrogen and oxygen atoms in total. The summed E-state index contributed by atoms with van der Waals surface area (Å²) in [5.74, 6) is -1.19. The standard InChI is InChI=1S/C6H5NO2.Cu.H2O/c8-6(9)5-2-1-3-7-4-5;;/h1-4H,(H,8,9);;1H2/q;+1;/p-1. The molecule has 0 bridgehead atoms. The zero-order chi connectivity index (χ0) is 6.69. The van der Waals surface area contributed by atoms with E-state index in [9.17, 15) is 9.90 Å². The predicted molar refractivity (Wildman–Crippen MR) is 32.2 cm³/mol. The minimum absolute atomic E-state index is 0. The van der Waals surface area contributed by atoms with Crippen molar-refractivity contribution in [2.75, 3.05) is 0 Å². The zero-order valence-electron chi connectivity index (χ0n) is 5.37. The first-order valence-corrected chi connectivity index (χ1v) is 2.42. The number of rotatable bonds is 1. The van der Waals surface area contributed by atoms with Crippen LogP contribution in [0.1, 0.15) is 10.4 Å². The third-order valence-corrected chi connectivity index (χ3v) is 0.897. The molecule has 0 radical (unpaired) electrons. The number of pyridine rings is 1. The van der Waals surface area contributed by atoms with Crippen LogP contribution in [0.5, 0.6) is 0 Å². The molecule has 0 saturated heterocycles. The number of carbonyl (C=O) groups excluding carboxylic acids is 1. The van der Waals surface area contributed by atoms with Gasteiger partial charge < -0.3 is 15.4 Å². The smallest absolute Gasteiger partial charge is 0.545 e. The fourth-order valence-electron chi connectivity index (χ4n) is 0.484. The normalized spacial score (nSPS) is 7.27. The van der Waals surface area contributed by atoms with Crippen molar-refractivity contribution in [2.24, 2.45) is 0 Å². The van der Waals surface area contributed by atoms with Gasteiger partial charge in [-0.1, -0.05) is 6.07 Å². The van der Waals surface area contributed by atoms with Crippen LogP contribution in [0.3, 0.4) is 0 Å². The molecule has 0 fully saturated rings. The number of hydrogen-bond acceptors (Lipinski definition) is 3. The Labute approximate surface area is 74.0 Å². The number of aromatic nitrogens is 1. The molecule has 1 aromatic heterocycles. The van der Waals surface area contributed by atoms with Gasteiger partial charge in [0.25, 0.3) is 0 Å². The molecule has 0 aliphatic carbocycles. The summed E-state index contributed by atoms with van der Waals surface area (Å²) < 4.78 is 0. The third-order valence-electron chi connectivity index (χ3n) is 0.897. The Kier molecular flexibility index (Phi) is 6.78. The molecule has 0 amide bonds. The fraction of sp³-hybridized carbons (Fsp3) is 0. The van der Waals surface area contributed by atoms with Crippen molar-refractivity contribution in [1.29, 1.82) is 0 Å². The summed E-state index contributed by atoms with van der Waals surface area (Å²) in [6.45, 7) is 0. The molecule has 0 aromatic carbocycles. The topological polar surface area (TPSA) is 84.5 Å². The maximum atomic E-state index is 10.0. The molecule has 1 aromatic rings. The van der Waals surface area contributed by atoms with Crippen molar-refractivity contribution >= 4 is 5.97 Å². The van der Waals surface area contributed by atoms with Gasteiger partial charge in [-0.3, -0.25) is 4.98 Å². The Balaban J connectivity index is 0. The Morgan fingerprint density at radius 2 is 2.18 bits per heavy atom. The zero-order valence-corrected chi connectivity index (χ0v) is 6.32. The third kappa shape index (κ3) is 3.72. The van der Waals surface area contributed by atoms with Crippen molar-refractivity contribution < 1.29 is 32.4 Å². The average Bonchev–Trinajstić information content (AvgIpc) is 1.90. The molecule has 0 atom stereocenters. The molecule has 1 heterocycles. The van der Waals surface area contributed by atoms with Gasteiger partial charge in [0, 0.05) is 18.0 Å². The molecule has 64 valence electrons. The van der Waals surface area contributed by atoms with E-state index in [1.807, 2.05) is 0 Å². The Bertz CT molecular complexity index is 214. The van der Waals surface area contributed by atoms with Crippen LogP contribution in [0.25, 0.3) is 0 Å². The second-order valence-electron chi connectivity index (χ2n) is 1.53. The summed E-state index contributed by atoms with van der Waals surface area (Å²) in [4.78, 5) is 13.6. The summed E-state index contributed by atoms with van der Waals surface area (Å²) >= 11 is 0. The van der Waals surface area contributed by atoms with Crippen LogP contribution in [0.2, 0.25) is 0 Å². The van der Waals surface area contributed by atoms with Crippen LogP contribution in [-0.2, 0) is 17.1 Å². The van der Waals surface area contributed by atoms with Gasteiger partial charge in [-0.25, -0.2) is 0 Å². The van der Waals surface area contributed by atoms with Crippen LogP contribution in [0, 0.1) is 0 Å². The van der Waals surface area contributed by atoms with Crippen molar-refractivity contribution in [3.63, 3.8) is 0 Å². The van der Waals surface area contributed by atoms with Gasteiger partial charge in [0.15, 0.2) is 0 Å². The van der Waals surface area contributed by atoms with Crippen LogP contribution < -0.4 is 5.11 Å². The fourth-order valence-corrected chi connectivity index (χ4v) is 0.484. The molecule has 1 rings (SSSR count). The maximum absolute atomic E-state index is 10.0. The number of carbonyl (C=O) groups is 1. The number of hydrogen-bond donors (Lipinski definition) is 0. The van der Waals surface area contributed by atoms with Crippen LogP contribution >= 0.6 is 0 Å². The first-order valence-electron chi connectivity index (χ1n) is 2.42. The number of carboxylic acids is 1. The quantitative estimate of drug-likeness (QED) is 0.528. The van der Waals surface area contributed by atoms with E-state index in [-0.39, 0.29) is 28.1 Å². The van der Waals surface area contributed by atoms with E-state index in [4.69, 9.17) is 0 Å². The van der Waals surface area contributed by atoms with E-state index in [1.165, 1.54) is 18.5 Å². The van der Waals surface area contributed by atoms with E-state index >= 15 is 0 Å². The molecule has 0 spiro atoms. The number of carboxylic acid groups (broad SMARTS) is 1. The van der Waals surface area contributed by atoms with E-state index in [0.29, 0.717) is 0 Å². The van der Waals surface area contributed by atoms with Gasteiger partial charge in [-0.05, 0) is 6.07 Å². The maximum Gasteiger partial charge on any atom is 1.00 e. The van der Waals surface area contributed by atoms with Gasteiger partial charge in [0.2, 0.25) is 0 Å². The molecule has 0 unspecified atom stereocenters. The summed E-state index contributed by atoms with van der Waals surface area (Å²) in [5, 5.41) is 10.0. The summed E-state index contributed by atoms with van der Waals surface area (Å²) in [5.41, 5.74) is 0.109. The van der Waals surface area contributed by atoms with Crippen LogP contribution in [-0.4, -0.2) is 16.4 Å². The first-order chi connectivity index (χ1) is 4.30. The average molecular weight is 204 g/mol. The minimum atomic E-state index is -1.19. The molecular weight excluding hydrogens is 198 g/mol. The van der Waals surface area contributed by atoms with Crippen molar-refractivity contribution in [3.8, 4) is 0 Å². The second-order valence-corrected chi connectivity index (χ2v) is 1.53. The van der Waals surface area contributed by atoms with E-state index in [2.05, 4.69) is 4.98 Å². The molecule has 0 aliphatic rings. The largest absolute Gasteiger partial charge is 1.00 e. The van der Waals surface area contributed by atoms with Gasteiger partial charge >= 0.3 is 17.1 Å². The molecule has 5 heteroatoms. The van der Waals surface area contributed by atoms with Crippen molar-refractivity contribution in [3.05, 3.63) is 30.1 Å². The molecule has 0 aliphatic heterocycles. The minimum Gasteiger partial charge on any atom is -0.545 e. The van der Waals surface area contributed by atoms with E-state index < -0.39 is 5.97 Å². The predicted octanol–water partition coefficient (Wildman–Crippen LogP) is -1.38. The molecule has 2 N–H and O–H groups in total. The van der Waals surface area contributed by atoms with Crippen LogP contribution in [0.4, 0.5) is 0 Å². The summed E-state index contributed by atoms with van der Waals surface area (Å²) in [7, 11) is 0. The Morgan fingerprint density at radius 1 is 1.55 bits per heavy atom. The molecule has 11 heavy (non-hydrogen) atoms. The Morgan fingerprint density at radius 3 is 2.45 bits per heavy atom. The number of aromatic carboxylic acids is 1. The van der Waals surface area contributed by atoms with Gasteiger partial charge in [0.05, 0.1) is 5.97 Å². The monoisotopic (exact) mass is 203 g/mol. The Hall–Kier alpha value is -0.901. The summed E-state index contributed by atoms with van der Waals surface area (Å²) in [6, 6.07) is 2.98. The van der Waals surface area contributed by atoms with Gasteiger partial charge in [-0.2, -0.15) is 0 Å². The number of nitrogens with zero attached hydrogens (tertiary/aromatic N) is 1. The summed E-state index contributed by atoms with van der Waals surface area (Å²) in [6.07, 6.45) is 2.75. The van der Waals surface area contributed by atoms with E-state index in [0.717, 1.165) is 0 Å². The van der Waals surface area contributed by atoms with Crippen molar-refractivity contribution in [1.82, 2.24) is 4.98 Å². The van der Waals surface area contributed by atoms with Gasteiger partial charge in [0.1, 0.15) is 0 Å². The molecular formula is C6H6CuNO3. The SMILES string of the molecule is O.O=C([O-])c1cccnc1.[Cu+]. The molecule has 0 saturated carbocycles. The van der Waals surface area contributed by atoms with Crippen molar-refractivity contribution in [2.45, 2.75) is 0 Å². The first kappa shape index (κ1) is 12.7. The second kappa shape index (κ2) is 5.85.